The highest BCUT2D eigenvalue weighted by molar-refractivity contribution is 5.73. The molecule has 3 N–H and O–H groups in total. The Morgan fingerprint density at radius 3 is 2.08 bits per heavy atom. The molecule has 1 saturated heterocycles. The van der Waals surface area contributed by atoms with Crippen molar-refractivity contribution >= 4 is 11.9 Å². The van der Waals surface area contributed by atoms with E-state index in [1.54, 1.807) is 0 Å². The highest BCUT2D eigenvalue weighted by Crippen LogP contribution is 2.44. The molecule has 2 aromatic rings. The molecule has 1 aromatic heterocycles. The zero-order valence-electron chi connectivity index (χ0n) is 21.2. The molecule has 0 radical (unpaired) electrons. The number of piperidine rings is 1. The normalized spacial score (nSPS) is 18.5. The first-order chi connectivity index (χ1) is 18.1. The molecular formula is C24H30F6N4O5. The van der Waals surface area contributed by atoms with E-state index in [1.165, 1.54) is 11.1 Å². The molecule has 1 spiro atoms. The second-order valence-corrected chi connectivity index (χ2v) is 9.02. The zero-order chi connectivity index (χ0) is 29.4. The van der Waals surface area contributed by atoms with Crippen molar-refractivity contribution in [2.75, 3.05) is 19.6 Å². The van der Waals surface area contributed by atoms with Gasteiger partial charge in [-0.25, -0.2) is 9.59 Å². The van der Waals surface area contributed by atoms with E-state index in [2.05, 4.69) is 52.7 Å². The van der Waals surface area contributed by atoms with Crippen LogP contribution < -0.4 is 10.1 Å². The van der Waals surface area contributed by atoms with Gasteiger partial charge in [0.05, 0.1) is 6.20 Å². The van der Waals surface area contributed by atoms with Crippen LogP contribution in [-0.4, -0.2) is 74.4 Å². The van der Waals surface area contributed by atoms with Gasteiger partial charge in [0, 0.05) is 56.5 Å². The van der Waals surface area contributed by atoms with Crippen molar-refractivity contribution in [2.45, 2.75) is 56.7 Å². The molecule has 0 amide bonds. The van der Waals surface area contributed by atoms with Gasteiger partial charge in [0.1, 0.15) is 11.4 Å². The van der Waals surface area contributed by atoms with E-state index in [0.29, 0.717) is 6.04 Å². The molecule has 1 aromatic carbocycles. The van der Waals surface area contributed by atoms with Crippen molar-refractivity contribution in [1.29, 1.82) is 0 Å². The number of ether oxygens (including phenoxy) is 1. The van der Waals surface area contributed by atoms with E-state index in [9.17, 15) is 26.3 Å². The lowest BCUT2D eigenvalue weighted by Gasteiger charge is -2.47. The van der Waals surface area contributed by atoms with Crippen LogP contribution in [0.2, 0.25) is 0 Å². The number of likely N-dealkylation sites (tertiary alicyclic amines) is 1. The molecule has 0 aliphatic carbocycles. The fourth-order valence-corrected chi connectivity index (χ4v) is 4.19. The fraction of sp³-hybridized carbons (Fsp3) is 0.542. The topological polar surface area (TPSA) is 117 Å². The first-order valence-electron chi connectivity index (χ1n) is 11.9. The molecule has 218 valence electrons. The van der Waals surface area contributed by atoms with Crippen molar-refractivity contribution in [1.82, 2.24) is 20.0 Å². The third-order valence-electron chi connectivity index (χ3n) is 6.21. The molecule has 15 heteroatoms. The van der Waals surface area contributed by atoms with Crippen molar-refractivity contribution in [3.63, 3.8) is 0 Å². The number of carboxylic acids is 2. The number of fused-ring (bicyclic) bond motifs is 1. The highest BCUT2D eigenvalue weighted by atomic mass is 19.4. The Balaban J connectivity index is 0.000000317. The molecule has 1 fully saturated rings. The van der Waals surface area contributed by atoms with Crippen LogP contribution in [0.25, 0.3) is 0 Å². The maximum Gasteiger partial charge on any atom is 0.490 e. The van der Waals surface area contributed by atoms with E-state index < -0.39 is 24.3 Å². The number of para-hydroxylation sites is 1. The molecule has 0 saturated carbocycles. The Kier molecular flexibility index (Phi) is 10.8. The maximum atomic E-state index is 10.6. The summed E-state index contributed by atoms with van der Waals surface area (Å²) in [6.07, 6.45) is -2.89. The Hall–Kier alpha value is -3.33. The summed E-state index contributed by atoms with van der Waals surface area (Å²) in [5.41, 5.74) is 2.49. The summed E-state index contributed by atoms with van der Waals surface area (Å²) in [6, 6.07) is 8.85. The smallest absolute Gasteiger partial charge is 0.487 e. The minimum Gasteiger partial charge on any atom is -0.487 e. The van der Waals surface area contributed by atoms with Crippen molar-refractivity contribution in [2.24, 2.45) is 7.05 Å². The van der Waals surface area contributed by atoms with Crippen LogP contribution in [0.1, 0.15) is 43.4 Å². The number of halogens is 6. The Morgan fingerprint density at radius 2 is 1.62 bits per heavy atom. The van der Waals surface area contributed by atoms with E-state index in [4.69, 9.17) is 24.5 Å². The molecule has 0 bridgehead atoms. The second kappa shape index (κ2) is 13.2. The molecule has 1 atom stereocenters. The molecule has 9 nitrogen and oxygen atoms in total. The van der Waals surface area contributed by atoms with E-state index >= 15 is 0 Å². The summed E-state index contributed by atoms with van der Waals surface area (Å²) < 4.78 is 71.9. The number of aliphatic carboxylic acids is 2. The summed E-state index contributed by atoms with van der Waals surface area (Å²) in [6.45, 7) is 6.48. The first kappa shape index (κ1) is 31.9. The van der Waals surface area contributed by atoms with Crippen molar-refractivity contribution in [3.8, 4) is 5.75 Å². The number of hydrogen-bond donors (Lipinski definition) is 3. The van der Waals surface area contributed by atoms with Gasteiger partial charge >= 0.3 is 24.3 Å². The lowest BCUT2D eigenvalue weighted by molar-refractivity contribution is -0.193. The Labute approximate surface area is 220 Å². The number of alkyl halides is 6. The number of carboxylic acid groups (broad SMARTS) is 2. The minimum atomic E-state index is -5.08. The van der Waals surface area contributed by atoms with Crippen molar-refractivity contribution in [3.05, 3.63) is 47.8 Å². The summed E-state index contributed by atoms with van der Waals surface area (Å²) >= 11 is 0. The van der Waals surface area contributed by atoms with Crippen LogP contribution in [0.3, 0.4) is 0 Å². The van der Waals surface area contributed by atoms with E-state index in [1.807, 2.05) is 17.9 Å². The monoisotopic (exact) mass is 568 g/mol. The quantitative estimate of drug-likeness (QED) is 0.471. The number of rotatable bonds is 4. The Morgan fingerprint density at radius 1 is 1.08 bits per heavy atom. The molecule has 4 rings (SSSR count). The zero-order valence-corrected chi connectivity index (χ0v) is 21.2. The minimum absolute atomic E-state index is 0.0212. The average molecular weight is 569 g/mol. The predicted molar refractivity (Wildman–Crippen MR) is 126 cm³/mol. The van der Waals surface area contributed by atoms with Crippen LogP contribution in [0.4, 0.5) is 26.3 Å². The number of nitrogens with zero attached hydrogens (tertiary/aromatic N) is 3. The first-order valence-corrected chi connectivity index (χ1v) is 11.9. The van der Waals surface area contributed by atoms with Crippen LogP contribution in [0.15, 0.2) is 36.7 Å². The number of carbonyl (C=O) groups is 2. The number of hydrogen-bond acceptors (Lipinski definition) is 6. The van der Waals surface area contributed by atoms with Gasteiger partial charge in [-0.15, -0.1) is 0 Å². The third-order valence-corrected chi connectivity index (χ3v) is 6.21. The molecule has 2 aliphatic rings. The van der Waals surface area contributed by atoms with Crippen LogP contribution in [0, 0.1) is 0 Å². The van der Waals surface area contributed by atoms with Gasteiger partial charge in [-0.05, 0) is 25.5 Å². The summed E-state index contributed by atoms with van der Waals surface area (Å²) in [7, 11) is 1.96. The van der Waals surface area contributed by atoms with Crippen LogP contribution in [-0.2, 0) is 23.2 Å². The molecule has 3 heterocycles. The number of nitrogens with one attached hydrogen (secondary N) is 1. The van der Waals surface area contributed by atoms with E-state index in [-0.39, 0.29) is 5.60 Å². The Bertz CT molecular complexity index is 1070. The second-order valence-electron chi connectivity index (χ2n) is 9.02. The molecule has 39 heavy (non-hydrogen) atoms. The summed E-state index contributed by atoms with van der Waals surface area (Å²) in [5.74, 6) is -4.46. The van der Waals surface area contributed by atoms with Gasteiger partial charge in [0.25, 0.3) is 0 Å². The largest absolute Gasteiger partial charge is 0.490 e. The highest BCUT2D eigenvalue weighted by Gasteiger charge is 2.43. The summed E-state index contributed by atoms with van der Waals surface area (Å²) in [5, 5.41) is 22.3. The average Bonchev–Trinajstić information content (AvgIpc) is 3.27. The van der Waals surface area contributed by atoms with Gasteiger partial charge in [0.2, 0.25) is 0 Å². The maximum absolute atomic E-state index is 10.6. The third kappa shape index (κ3) is 9.73. The van der Waals surface area contributed by atoms with Gasteiger partial charge in [-0.3, -0.25) is 4.68 Å². The number of benzene rings is 1. The molecule has 1 unspecified atom stereocenters. The summed E-state index contributed by atoms with van der Waals surface area (Å²) in [4.78, 5) is 20.3. The van der Waals surface area contributed by atoms with Gasteiger partial charge in [-0.1, -0.05) is 25.1 Å². The predicted octanol–water partition coefficient (Wildman–Crippen LogP) is 4.15. The number of aromatic nitrogens is 2. The van der Waals surface area contributed by atoms with Crippen molar-refractivity contribution < 1.29 is 50.9 Å². The fourth-order valence-electron chi connectivity index (χ4n) is 4.19. The van der Waals surface area contributed by atoms with Crippen LogP contribution in [0.5, 0.6) is 5.75 Å². The van der Waals surface area contributed by atoms with Gasteiger partial charge in [0.15, 0.2) is 0 Å². The van der Waals surface area contributed by atoms with E-state index in [0.717, 1.165) is 51.2 Å². The molecular weight excluding hydrogens is 538 g/mol. The lowest BCUT2D eigenvalue weighted by atomic mass is 9.80. The molecule has 2 aliphatic heterocycles. The van der Waals surface area contributed by atoms with Crippen LogP contribution >= 0.6 is 0 Å². The number of aryl methyl sites for hydroxylation is 1. The standard InChI is InChI=1S/C20H28N4O.2C2HF3O2/c1-3-24-10-8-20(9-11-24)12-18(17-6-4-5-7-19(17)25-20)21-13-16-14-22-23(2)15-16;2*3-2(4,5)1(6)7/h4-7,14-15,18,21H,3,8-13H2,1-2H3;2*(H,6,7). The lowest BCUT2D eigenvalue weighted by Crippen LogP contribution is -2.51. The van der Waals surface area contributed by atoms with Gasteiger partial charge < -0.3 is 25.2 Å². The SMILES string of the molecule is CCN1CCC2(CC1)CC(NCc1cnn(C)c1)c1ccccc1O2.O=C(O)C(F)(F)F.O=C(O)C(F)(F)F. The van der Waals surface area contributed by atoms with Gasteiger partial charge in [-0.2, -0.15) is 31.4 Å².